The average molecular weight is 633 g/mol. The van der Waals surface area contributed by atoms with E-state index in [1.807, 2.05) is 0 Å². The van der Waals surface area contributed by atoms with Crippen molar-refractivity contribution in [3.63, 3.8) is 0 Å². The Morgan fingerprint density at radius 1 is 0.424 bits per heavy atom. The van der Waals surface area contributed by atoms with E-state index in [-0.39, 0.29) is 0 Å². The fourth-order valence-corrected chi connectivity index (χ4v) is 5.42. The van der Waals surface area contributed by atoms with Crippen molar-refractivity contribution in [3.05, 3.63) is 83.2 Å². The Morgan fingerprint density at radius 3 is 0.909 bits per heavy atom. The predicted octanol–water partition coefficient (Wildman–Crippen LogP) is 5.37. The summed E-state index contributed by atoms with van der Waals surface area (Å²) in [5, 5.41) is 0. The molecule has 0 amide bonds. The summed E-state index contributed by atoms with van der Waals surface area (Å²) in [5.74, 6) is 0. The number of hydrogen-bond donors (Lipinski definition) is 0. The number of halogens is 3. The van der Waals surface area contributed by atoms with Crippen LogP contribution in [0.3, 0.4) is 0 Å². The summed E-state index contributed by atoms with van der Waals surface area (Å²) in [6.45, 7) is 12.5. The van der Waals surface area contributed by atoms with Crippen LogP contribution in [-0.2, 0) is 13.7 Å². The molecule has 168 valence electrons. The van der Waals surface area contributed by atoms with Crippen LogP contribution in [0.25, 0.3) is 0 Å². The molecule has 0 bridgehead atoms. The third-order valence-electron chi connectivity index (χ3n) is 6.15. The van der Waals surface area contributed by atoms with Gasteiger partial charge in [-0.25, -0.2) is 0 Å². The monoisotopic (exact) mass is 630 g/mol. The summed E-state index contributed by atoms with van der Waals surface area (Å²) in [4.78, 5) is 0. The largest absolute Gasteiger partial charge is 0.467 e. The van der Waals surface area contributed by atoms with E-state index in [4.69, 9.17) is 13.7 Å². The maximum absolute atomic E-state index is 6.47. The van der Waals surface area contributed by atoms with E-state index in [2.05, 4.69) is 126 Å². The van der Waals surface area contributed by atoms with Crippen LogP contribution in [0, 0.1) is 41.5 Å². The highest BCUT2D eigenvalue weighted by molar-refractivity contribution is 9.11. The highest BCUT2D eigenvalue weighted by Gasteiger charge is 2.45. The van der Waals surface area contributed by atoms with E-state index < -0.39 is 21.4 Å². The van der Waals surface area contributed by atoms with E-state index in [0.29, 0.717) is 0 Å². The van der Waals surface area contributed by atoms with Gasteiger partial charge in [-0.3, -0.25) is 0 Å². The predicted molar refractivity (Wildman–Crippen MR) is 150 cm³/mol. The molecule has 1 aliphatic heterocycles. The fraction of sp³-hybridized carbons (Fsp3) is 0.250. The van der Waals surface area contributed by atoms with Crippen LogP contribution in [0.2, 0.25) is 0 Å². The summed E-state index contributed by atoms with van der Waals surface area (Å²) in [5.41, 5.74) is 9.72. The van der Waals surface area contributed by atoms with Crippen molar-refractivity contribution in [2.75, 3.05) is 0 Å². The zero-order valence-electron chi connectivity index (χ0n) is 19.6. The van der Waals surface area contributed by atoms with Gasteiger partial charge in [-0.15, -0.1) is 0 Å². The Balaban J connectivity index is 1.81. The molecule has 3 nitrogen and oxygen atoms in total. The SMILES string of the molecule is Cc1cc(B2OB(c3cc(C)c(Br)cc3C)OB(c3cc(C)c(Br)cc3C)O2)c(C)cc1Br. The van der Waals surface area contributed by atoms with E-state index >= 15 is 0 Å². The second-order valence-corrected chi connectivity index (χ2v) is 11.3. The smallest absolute Gasteiger partial charge is 0.445 e. The van der Waals surface area contributed by atoms with Gasteiger partial charge in [-0.2, -0.15) is 0 Å². The first-order valence-electron chi connectivity index (χ1n) is 10.8. The van der Waals surface area contributed by atoms with E-state index in [1.165, 1.54) is 0 Å². The van der Waals surface area contributed by atoms with E-state index in [9.17, 15) is 0 Å². The van der Waals surface area contributed by atoms with Gasteiger partial charge in [0.15, 0.2) is 0 Å². The van der Waals surface area contributed by atoms with Gasteiger partial charge in [0.05, 0.1) is 0 Å². The minimum absolute atomic E-state index is 0.563. The van der Waals surface area contributed by atoms with E-state index in [0.717, 1.165) is 63.2 Å². The molecule has 1 aliphatic rings. The maximum Gasteiger partial charge on any atom is 0.467 e. The molecule has 0 atom stereocenters. The molecule has 1 fully saturated rings. The van der Waals surface area contributed by atoms with Gasteiger partial charge in [0, 0.05) is 13.4 Å². The number of hydrogen-bond acceptors (Lipinski definition) is 3. The summed E-state index contributed by atoms with van der Waals surface area (Å²) in [6, 6.07) is 12.7. The van der Waals surface area contributed by atoms with Crippen molar-refractivity contribution in [3.8, 4) is 0 Å². The average Bonchev–Trinajstić information content (AvgIpc) is 2.75. The Kier molecular flexibility index (Phi) is 7.69. The summed E-state index contributed by atoms with van der Waals surface area (Å²) >= 11 is 10.9. The minimum Gasteiger partial charge on any atom is -0.445 e. The summed E-state index contributed by atoms with van der Waals surface area (Å²) in [7, 11) is -1.69. The molecule has 1 heterocycles. The minimum atomic E-state index is -0.563. The van der Waals surface area contributed by atoms with Gasteiger partial charge < -0.3 is 13.7 Å². The second-order valence-electron chi connectivity index (χ2n) is 8.78. The third-order valence-corrected chi connectivity index (χ3v) is 8.71. The van der Waals surface area contributed by atoms with Gasteiger partial charge in [0.25, 0.3) is 0 Å². The lowest BCUT2D eigenvalue weighted by molar-refractivity contribution is 0.308. The summed E-state index contributed by atoms with van der Waals surface area (Å²) in [6.07, 6.45) is 0. The van der Waals surface area contributed by atoms with Crippen molar-refractivity contribution in [1.82, 2.24) is 0 Å². The molecule has 0 spiro atoms. The lowest BCUT2D eigenvalue weighted by atomic mass is 9.59. The molecule has 0 aromatic heterocycles. The Labute approximate surface area is 222 Å². The second kappa shape index (κ2) is 10.0. The van der Waals surface area contributed by atoms with Gasteiger partial charge in [0.1, 0.15) is 0 Å². The maximum atomic E-state index is 6.47. The first-order valence-corrected chi connectivity index (χ1v) is 13.2. The summed E-state index contributed by atoms with van der Waals surface area (Å²) < 4.78 is 22.6. The molecule has 0 saturated carbocycles. The van der Waals surface area contributed by atoms with E-state index in [1.54, 1.807) is 0 Å². The number of benzene rings is 3. The topological polar surface area (TPSA) is 27.7 Å². The van der Waals surface area contributed by atoms with Gasteiger partial charge in [-0.1, -0.05) is 82.7 Å². The van der Waals surface area contributed by atoms with Crippen LogP contribution < -0.4 is 16.4 Å². The standard InChI is InChI=1S/C24H24B3Br3O3/c1-13-10-22(28)16(4)7-19(13)25-31-26(20-8-17(5)23(29)11-14(20)2)33-27(32-25)21-9-18(6)24(30)12-15(21)3/h7-12H,1-6H3. The molecule has 0 aliphatic carbocycles. The number of aryl methyl sites for hydroxylation is 6. The van der Waals surface area contributed by atoms with Crippen molar-refractivity contribution in [1.29, 1.82) is 0 Å². The van der Waals surface area contributed by atoms with Crippen molar-refractivity contribution in [2.24, 2.45) is 0 Å². The van der Waals surface area contributed by atoms with Crippen LogP contribution in [0.4, 0.5) is 0 Å². The van der Waals surface area contributed by atoms with Gasteiger partial charge >= 0.3 is 21.4 Å². The molecular formula is C24H24B3Br3O3. The molecule has 0 radical (unpaired) electrons. The molecule has 1 saturated heterocycles. The first-order chi connectivity index (χ1) is 15.5. The highest BCUT2D eigenvalue weighted by Crippen LogP contribution is 2.22. The molecule has 9 heteroatoms. The number of rotatable bonds is 3. The third kappa shape index (κ3) is 5.24. The lowest BCUT2D eigenvalue weighted by Crippen LogP contribution is -2.62. The Morgan fingerprint density at radius 2 is 0.667 bits per heavy atom. The molecule has 0 unspecified atom stereocenters. The zero-order chi connectivity index (χ0) is 24.0. The Hall–Kier alpha value is -0.825. The lowest BCUT2D eigenvalue weighted by Gasteiger charge is -2.33. The fourth-order valence-electron chi connectivity index (χ4n) is 4.04. The normalized spacial score (nSPS) is 14.3. The quantitative estimate of drug-likeness (QED) is 0.364. The first kappa shape index (κ1) is 25.3. The molecule has 3 aromatic carbocycles. The van der Waals surface area contributed by atoms with Gasteiger partial charge in [0.2, 0.25) is 0 Å². The zero-order valence-corrected chi connectivity index (χ0v) is 24.3. The van der Waals surface area contributed by atoms with Gasteiger partial charge in [-0.05, 0) is 92.8 Å². The van der Waals surface area contributed by atoms with Crippen molar-refractivity contribution in [2.45, 2.75) is 41.5 Å². The van der Waals surface area contributed by atoms with Crippen LogP contribution in [0.5, 0.6) is 0 Å². The van der Waals surface area contributed by atoms with Crippen molar-refractivity contribution >= 4 is 85.5 Å². The van der Waals surface area contributed by atoms with Crippen LogP contribution in [-0.4, -0.2) is 21.4 Å². The van der Waals surface area contributed by atoms with Crippen LogP contribution in [0.15, 0.2) is 49.8 Å². The van der Waals surface area contributed by atoms with Crippen LogP contribution >= 0.6 is 47.8 Å². The molecule has 4 rings (SSSR count). The van der Waals surface area contributed by atoms with Crippen LogP contribution in [0.1, 0.15) is 33.4 Å². The highest BCUT2D eigenvalue weighted by atomic mass is 79.9. The molecule has 3 aromatic rings. The van der Waals surface area contributed by atoms with Crippen molar-refractivity contribution < 1.29 is 13.7 Å². The molecular weight excluding hydrogens is 608 g/mol. The molecule has 0 N–H and O–H groups in total. The molecule has 33 heavy (non-hydrogen) atoms. The Bertz CT molecular complexity index is 1080.